The van der Waals surface area contributed by atoms with Crippen LogP contribution in [0.2, 0.25) is 0 Å². The molecule has 0 aliphatic heterocycles. The Morgan fingerprint density at radius 3 is 1.18 bits per heavy atom. The maximum absolute atomic E-state index is 10.5. The molecule has 0 aromatic rings. The third-order valence-electron chi connectivity index (χ3n) is 1.06. The molecule has 0 saturated heterocycles. The number of carboxylic acid groups (broad SMARTS) is 1. The SMILES string of the molecule is CC(=O)C(C)(C)C.CC(=O)O. The molecule has 3 heteroatoms. The number of aliphatic carboxylic acids is 1. The summed E-state index contributed by atoms with van der Waals surface area (Å²) in [4.78, 5) is 19.5. The maximum Gasteiger partial charge on any atom is 0.300 e. The van der Waals surface area contributed by atoms with Gasteiger partial charge in [-0.1, -0.05) is 20.8 Å². The van der Waals surface area contributed by atoms with Crippen LogP contribution in [0.25, 0.3) is 0 Å². The molecule has 0 atom stereocenters. The van der Waals surface area contributed by atoms with Gasteiger partial charge in [-0.3, -0.25) is 9.59 Å². The average molecular weight is 160 g/mol. The summed E-state index contributed by atoms with van der Waals surface area (Å²) in [7, 11) is 0. The fourth-order valence-electron chi connectivity index (χ4n) is 0. The summed E-state index contributed by atoms with van der Waals surface area (Å²) in [5, 5.41) is 7.42. The summed E-state index contributed by atoms with van der Waals surface area (Å²) < 4.78 is 0. The Morgan fingerprint density at radius 1 is 1.09 bits per heavy atom. The van der Waals surface area contributed by atoms with Gasteiger partial charge in [0.15, 0.2) is 0 Å². The van der Waals surface area contributed by atoms with Crippen LogP contribution >= 0.6 is 0 Å². The summed E-state index contributed by atoms with van der Waals surface area (Å²) in [5.41, 5.74) is -0.139. The van der Waals surface area contributed by atoms with Crippen LogP contribution in [0.5, 0.6) is 0 Å². The van der Waals surface area contributed by atoms with E-state index in [0.717, 1.165) is 6.92 Å². The maximum atomic E-state index is 10.5. The van der Waals surface area contributed by atoms with Crippen LogP contribution in [0.1, 0.15) is 34.6 Å². The van der Waals surface area contributed by atoms with Gasteiger partial charge in [0.05, 0.1) is 0 Å². The average Bonchev–Trinajstić information content (AvgIpc) is 1.59. The van der Waals surface area contributed by atoms with E-state index in [1.54, 1.807) is 6.92 Å². The smallest absolute Gasteiger partial charge is 0.300 e. The molecule has 66 valence electrons. The zero-order valence-electron chi connectivity index (χ0n) is 7.76. The third kappa shape index (κ3) is 17.6. The Labute approximate surface area is 67.4 Å². The van der Waals surface area contributed by atoms with Gasteiger partial charge >= 0.3 is 0 Å². The monoisotopic (exact) mass is 160 g/mol. The van der Waals surface area contributed by atoms with Crippen molar-refractivity contribution in [1.82, 2.24) is 0 Å². The fraction of sp³-hybridized carbons (Fsp3) is 0.750. The third-order valence-corrected chi connectivity index (χ3v) is 1.06. The Kier molecular flexibility index (Phi) is 5.67. The lowest BCUT2D eigenvalue weighted by atomic mass is 9.92. The van der Waals surface area contributed by atoms with Crippen LogP contribution in [-0.2, 0) is 9.59 Å². The van der Waals surface area contributed by atoms with Gasteiger partial charge in [-0.05, 0) is 6.92 Å². The first-order chi connectivity index (χ1) is 4.68. The topological polar surface area (TPSA) is 54.4 Å². The molecule has 0 aromatic carbocycles. The summed E-state index contributed by atoms with van der Waals surface area (Å²) in [5.74, 6) is -0.590. The summed E-state index contributed by atoms with van der Waals surface area (Å²) in [6, 6.07) is 0. The Balaban J connectivity index is 0. The van der Waals surface area contributed by atoms with E-state index in [0.29, 0.717) is 0 Å². The van der Waals surface area contributed by atoms with Crippen LogP contribution in [0.15, 0.2) is 0 Å². The normalized spacial score (nSPS) is 9.55. The zero-order valence-corrected chi connectivity index (χ0v) is 7.76. The van der Waals surface area contributed by atoms with E-state index >= 15 is 0 Å². The molecule has 11 heavy (non-hydrogen) atoms. The number of hydrogen-bond donors (Lipinski definition) is 1. The van der Waals surface area contributed by atoms with E-state index in [1.165, 1.54) is 0 Å². The Bertz CT molecular complexity index is 138. The van der Waals surface area contributed by atoms with Crippen molar-refractivity contribution in [2.45, 2.75) is 34.6 Å². The van der Waals surface area contributed by atoms with Crippen molar-refractivity contribution in [2.24, 2.45) is 5.41 Å². The highest BCUT2D eigenvalue weighted by Crippen LogP contribution is 2.12. The van der Waals surface area contributed by atoms with Crippen molar-refractivity contribution in [1.29, 1.82) is 0 Å². The predicted molar refractivity (Wildman–Crippen MR) is 43.4 cm³/mol. The van der Waals surface area contributed by atoms with E-state index in [1.807, 2.05) is 20.8 Å². The first-order valence-electron chi connectivity index (χ1n) is 3.38. The van der Waals surface area contributed by atoms with Crippen LogP contribution in [0, 0.1) is 5.41 Å². The number of carbonyl (C=O) groups excluding carboxylic acids is 1. The largest absolute Gasteiger partial charge is 0.481 e. The molecule has 0 aliphatic rings. The van der Waals surface area contributed by atoms with E-state index in [-0.39, 0.29) is 11.2 Å². The molecule has 0 fully saturated rings. The van der Waals surface area contributed by atoms with Gasteiger partial charge in [0.2, 0.25) is 0 Å². The van der Waals surface area contributed by atoms with Crippen molar-refractivity contribution in [3.05, 3.63) is 0 Å². The Hall–Kier alpha value is -0.860. The summed E-state index contributed by atoms with van der Waals surface area (Å²) >= 11 is 0. The molecular weight excluding hydrogens is 144 g/mol. The van der Waals surface area contributed by atoms with E-state index in [4.69, 9.17) is 9.90 Å². The number of Topliss-reactive ketones (excluding diaryl/α,β-unsaturated/α-hetero) is 1. The van der Waals surface area contributed by atoms with Gasteiger partial charge < -0.3 is 5.11 Å². The Morgan fingerprint density at radius 2 is 1.18 bits per heavy atom. The first kappa shape index (κ1) is 12.8. The lowest BCUT2D eigenvalue weighted by molar-refractivity contribution is -0.134. The van der Waals surface area contributed by atoms with Gasteiger partial charge in [-0.2, -0.15) is 0 Å². The lowest BCUT2D eigenvalue weighted by Gasteiger charge is -2.11. The number of ketones is 1. The second-order valence-electron chi connectivity index (χ2n) is 3.33. The second kappa shape index (κ2) is 4.88. The van der Waals surface area contributed by atoms with Gasteiger partial charge in [-0.25, -0.2) is 0 Å². The van der Waals surface area contributed by atoms with Crippen molar-refractivity contribution in [3.63, 3.8) is 0 Å². The summed E-state index contributed by atoms with van der Waals surface area (Å²) in [6.45, 7) is 8.43. The van der Waals surface area contributed by atoms with Crippen molar-refractivity contribution < 1.29 is 14.7 Å². The van der Waals surface area contributed by atoms with E-state index in [2.05, 4.69) is 0 Å². The highest BCUT2D eigenvalue weighted by atomic mass is 16.4. The molecule has 1 N–H and O–H groups in total. The molecule has 0 rings (SSSR count). The molecule has 0 heterocycles. The molecule has 0 saturated carbocycles. The number of carbonyl (C=O) groups is 2. The minimum atomic E-state index is -0.833. The predicted octanol–water partition coefficient (Wildman–Crippen LogP) is 1.71. The van der Waals surface area contributed by atoms with Gasteiger partial charge in [-0.15, -0.1) is 0 Å². The second-order valence-corrected chi connectivity index (χ2v) is 3.33. The van der Waals surface area contributed by atoms with E-state index in [9.17, 15) is 4.79 Å². The highest BCUT2D eigenvalue weighted by Gasteiger charge is 2.14. The molecule has 0 amide bonds. The molecule has 3 nitrogen and oxygen atoms in total. The van der Waals surface area contributed by atoms with E-state index < -0.39 is 5.97 Å². The molecule has 0 aliphatic carbocycles. The minimum absolute atomic E-state index is 0.139. The highest BCUT2D eigenvalue weighted by molar-refractivity contribution is 5.80. The first-order valence-corrected chi connectivity index (χ1v) is 3.38. The molecule has 0 aromatic heterocycles. The van der Waals surface area contributed by atoms with Gasteiger partial charge in [0.1, 0.15) is 5.78 Å². The standard InChI is InChI=1S/C6H12O.C2H4O2/c1-5(7)6(2,3)4;1-2(3)4/h1-4H3;1H3,(H,3,4). The molecule has 0 bridgehead atoms. The molecule has 0 spiro atoms. The van der Waals surface area contributed by atoms with Gasteiger partial charge in [0, 0.05) is 12.3 Å². The van der Waals surface area contributed by atoms with Crippen molar-refractivity contribution in [2.75, 3.05) is 0 Å². The lowest BCUT2D eigenvalue weighted by Crippen LogP contribution is -2.15. The minimum Gasteiger partial charge on any atom is -0.481 e. The van der Waals surface area contributed by atoms with Crippen molar-refractivity contribution >= 4 is 11.8 Å². The summed E-state index contributed by atoms with van der Waals surface area (Å²) in [6.07, 6.45) is 0. The zero-order chi connectivity index (χ0) is 9.65. The molecule has 0 radical (unpaired) electrons. The van der Waals surface area contributed by atoms with Crippen molar-refractivity contribution in [3.8, 4) is 0 Å². The quantitative estimate of drug-likeness (QED) is 0.587. The number of carboxylic acids is 1. The number of rotatable bonds is 0. The van der Waals surface area contributed by atoms with Crippen LogP contribution in [0.3, 0.4) is 0 Å². The number of hydrogen-bond acceptors (Lipinski definition) is 2. The van der Waals surface area contributed by atoms with Crippen LogP contribution in [-0.4, -0.2) is 16.9 Å². The molecule has 0 unspecified atom stereocenters. The van der Waals surface area contributed by atoms with Gasteiger partial charge in [0.25, 0.3) is 5.97 Å². The van der Waals surface area contributed by atoms with Crippen LogP contribution in [0.4, 0.5) is 0 Å². The fourth-order valence-corrected chi connectivity index (χ4v) is 0. The van der Waals surface area contributed by atoms with Crippen LogP contribution < -0.4 is 0 Å². The molecular formula is C8H16O3.